The van der Waals surface area contributed by atoms with Crippen molar-refractivity contribution in [3.63, 3.8) is 0 Å². The predicted molar refractivity (Wildman–Crippen MR) is 302 cm³/mol. The quantitative estimate of drug-likeness (QED) is 0.0261. The first-order chi connectivity index (χ1) is 34.5. The Hall–Kier alpha value is -2.63. The molecule has 0 aliphatic heterocycles. The molecule has 0 aromatic rings. The van der Waals surface area contributed by atoms with Crippen LogP contribution < -0.4 is 0 Å². The third-order valence-corrected chi connectivity index (χ3v) is 13.6. The molecule has 0 saturated heterocycles. The Kier molecular flexibility index (Phi) is 56.7. The highest BCUT2D eigenvalue weighted by Crippen LogP contribution is 2.17. The molecule has 0 rings (SSSR count). The largest absolute Gasteiger partial charge is 0.462 e. The Labute approximate surface area is 435 Å². The van der Waals surface area contributed by atoms with Crippen LogP contribution in [0.15, 0.2) is 48.6 Å². The summed E-state index contributed by atoms with van der Waals surface area (Å²) in [7, 11) is 0. The molecule has 0 aromatic heterocycles. The summed E-state index contributed by atoms with van der Waals surface area (Å²) >= 11 is 0. The molecule has 1 unspecified atom stereocenters. The number of carbonyl (C=O) groups is 3. The van der Waals surface area contributed by atoms with Crippen LogP contribution in [-0.4, -0.2) is 37.2 Å². The molecule has 0 spiro atoms. The van der Waals surface area contributed by atoms with Gasteiger partial charge in [0.2, 0.25) is 0 Å². The molecule has 0 aromatic carbocycles. The highest BCUT2D eigenvalue weighted by Gasteiger charge is 2.19. The number of carbonyl (C=O) groups excluding carboxylic acids is 3. The van der Waals surface area contributed by atoms with Gasteiger partial charge in [0, 0.05) is 19.3 Å². The zero-order chi connectivity index (χ0) is 50.7. The maximum absolute atomic E-state index is 12.8. The van der Waals surface area contributed by atoms with Crippen molar-refractivity contribution < 1.29 is 28.6 Å². The van der Waals surface area contributed by atoms with E-state index in [2.05, 4.69) is 69.4 Å². The highest BCUT2D eigenvalue weighted by molar-refractivity contribution is 5.71. The third kappa shape index (κ3) is 56.3. The first kappa shape index (κ1) is 67.4. The molecular formula is C64H116O6. The normalized spacial score (nSPS) is 12.3. The second-order valence-electron chi connectivity index (χ2n) is 20.6. The molecule has 6 heteroatoms. The third-order valence-electron chi connectivity index (χ3n) is 13.6. The summed E-state index contributed by atoms with van der Waals surface area (Å²) < 4.78 is 16.8. The van der Waals surface area contributed by atoms with Gasteiger partial charge in [0.15, 0.2) is 6.10 Å². The molecule has 0 bridgehead atoms. The minimum atomic E-state index is -0.782. The van der Waals surface area contributed by atoms with Gasteiger partial charge >= 0.3 is 17.9 Å². The Balaban J connectivity index is 4.12. The van der Waals surface area contributed by atoms with Crippen LogP contribution in [0.4, 0.5) is 0 Å². The van der Waals surface area contributed by atoms with Crippen molar-refractivity contribution in [1.29, 1.82) is 0 Å². The van der Waals surface area contributed by atoms with Gasteiger partial charge in [-0.3, -0.25) is 14.4 Å². The molecule has 0 heterocycles. The lowest BCUT2D eigenvalue weighted by Gasteiger charge is -2.18. The van der Waals surface area contributed by atoms with Gasteiger partial charge in [-0.15, -0.1) is 0 Å². The van der Waals surface area contributed by atoms with Crippen molar-refractivity contribution in [1.82, 2.24) is 0 Å². The molecule has 1 atom stereocenters. The fraction of sp³-hybridized carbons (Fsp3) is 0.828. The smallest absolute Gasteiger partial charge is 0.306 e. The summed E-state index contributed by atoms with van der Waals surface area (Å²) in [5.74, 6) is -0.892. The van der Waals surface area contributed by atoms with Crippen LogP contribution in [0.3, 0.4) is 0 Å². The van der Waals surface area contributed by atoms with E-state index in [-0.39, 0.29) is 31.1 Å². The van der Waals surface area contributed by atoms with Crippen molar-refractivity contribution in [2.45, 2.75) is 329 Å². The Morgan fingerprint density at radius 1 is 0.300 bits per heavy atom. The van der Waals surface area contributed by atoms with E-state index in [1.807, 2.05) is 0 Å². The second kappa shape index (κ2) is 58.9. The van der Waals surface area contributed by atoms with Crippen molar-refractivity contribution in [3.8, 4) is 0 Å². The fourth-order valence-corrected chi connectivity index (χ4v) is 9.02. The topological polar surface area (TPSA) is 78.9 Å². The lowest BCUT2D eigenvalue weighted by molar-refractivity contribution is -0.167. The van der Waals surface area contributed by atoms with Crippen LogP contribution >= 0.6 is 0 Å². The maximum atomic E-state index is 12.8. The minimum absolute atomic E-state index is 0.0794. The molecule has 0 radical (unpaired) electrons. The van der Waals surface area contributed by atoms with E-state index >= 15 is 0 Å². The summed E-state index contributed by atoms with van der Waals surface area (Å²) in [5, 5.41) is 0. The number of rotatable bonds is 56. The molecule has 0 aliphatic carbocycles. The van der Waals surface area contributed by atoms with Gasteiger partial charge in [-0.25, -0.2) is 0 Å². The number of unbranched alkanes of at least 4 members (excludes halogenated alkanes) is 37. The van der Waals surface area contributed by atoms with Gasteiger partial charge in [0.05, 0.1) is 0 Å². The van der Waals surface area contributed by atoms with E-state index < -0.39 is 6.10 Å². The van der Waals surface area contributed by atoms with Gasteiger partial charge in [-0.1, -0.05) is 294 Å². The SMILES string of the molecule is CC/C=C\C/C=C\C/C=C\C/C=C\CCCCCCC(=O)OC(COC(=O)CCCCCCCCCC)COC(=O)CCCCCCCCCCCCCCCCCCCCCCCCCCCCC. The zero-order valence-electron chi connectivity index (χ0n) is 46.8. The lowest BCUT2D eigenvalue weighted by atomic mass is 10.0. The summed E-state index contributed by atoms with van der Waals surface area (Å²) in [6.07, 6.45) is 72.9. The van der Waals surface area contributed by atoms with Crippen LogP contribution in [0.5, 0.6) is 0 Å². The number of allylic oxidation sites excluding steroid dienone is 8. The van der Waals surface area contributed by atoms with E-state index in [0.29, 0.717) is 19.3 Å². The number of hydrogen-bond acceptors (Lipinski definition) is 6. The summed E-state index contributed by atoms with van der Waals surface area (Å²) in [6, 6.07) is 0. The zero-order valence-corrected chi connectivity index (χ0v) is 46.8. The molecule has 408 valence electrons. The molecular weight excluding hydrogens is 865 g/mol. The van der Waals surface area contributed by atoms with Crippen LogP contribution in [0.25, 0.3) is 0 Å². The van der Waals surface area contributed by atoms with Gasteiger partial charge in [-0.05, 0) is 57.8 Å². The van der Waals surface area contributed by atoms with Crippen molar-refractivity contribution >= 4 is 17.9 Å². The maximum Gasteiger partial charge on any atom is 0.306 e. The van der Waals surface area contributed by atoms with Gasteiger partial charge in [0.1, 0.15) is 13.2 Å². The molecule has 6 nitrogen and oxygen atoms in total. The van der Waals surface area contributed by atoms with Crippen LogP contribution in [0, 0.1) is 0 Å². The molecule has 70 heavy (non-hydrogen) atoms. The molecule has 0 amide bonds. The first-order valence-electron chi connectivity index (χ1n) is 30.6. The molecule has 0 N–H and O–H groups in total. The van der Waals surface area contributed by atoms with Gasteiger partial charge in [-0.2, -0.15) is 0 Å². The van der Waals surface area contributed by atoms with Crippen LogP contribution in [0.2, 0.25) is 0 Å². The summed E-state index contributed by atoms with van der Waals surface area (Å²) in [6.45, 7) is 6.52. The average Bonchev–Trinajstić information content (AvgIpc) is 3.36. The molecule has 0 aliphatic rings. The Morgan fingerprint density at radius 2 is 0.557 bits per heavy atom. The predicted octanol–water partition coefficient (Wildman–Crippen LogP) is 20.6. The van der Waals surface area contributed by atoms with Gasteiger partial charge in [0.25, 0.3) is 0 Å². The standard InChI is InChI=1S/C64H116O6/c1-4-7-10-13-16-19-21-23-25-27-28-29-30-31-32-33-34-35-36-38-39-41-43-45-48-51-54-57-63(66)69-60-61(59-68-62(65)56-53-50-47-18-15-12-9-6-3)70-64(67)58-55-52-49-46-44-42-40-37-26-24-22-20-17-14-11-8-5-2/h8,11,17,20,24,26,40,42,61H,4-7,9-10,12-16,18-19,21-23,25,27-39,41,43-60H2,1-3H3/b11-8-,20-17-,26-24-,42-40-. The van der Waals surface area contributed by atoms with E-state index in [4.69, 9.17) is 14.2 Å². The van der Waals surface area contributed by atoms with Crippen LogP contribution in [0.1, 0.15) is 323 Å². The van der Waals surface area contributed by atoms with E-state index in [1.165, 1.54) is 186 Å². The second-order valence-corrected chi connectivity index (χ2v) is 20.6. The lowest BCUT2D eigenvalue weighted by Crippen LogP contribution is -2.30. The fourth-order valence-electron chi connectivity index (χ4n) is 9.02. The van der Waals surface area contributed by atoms with Gasteiger partial charge < -0.3 is 14.2 Å². The number of ether oxygens (including phenoxy) is 3. The number of esters is 3. The van der Waals surface area contributed by atoms with Crippen molar-refractivity contribution in [2.75, 3.05) is 13.2 Å². The van der Waals surface area contributed by atoms with Crippen molar-refractivity contribution in [3.05, 3.63) is 48.6 Å². The summed E-state index contributed by atoms with van der Waals surface area (Å²) in [4.78, 5) is 38.0. The minimum Gasteiger partial charge on any atom is -0.462 e. The first-order valence-corrected chi connectivity index (χ1v) is 30.6. The monoisotopic (exact) mass is 981 g/mol. The number of hydrogen-bond donors (Lipinski definition) is 0. The van der Waals surface area contributed by atoms with Crippen LogP contribution in [-0.2, 0) is 28.6 Å². The van der Waals surface area contributed by atoms with Crippen molar-refractivity contribution in [2.24, 2.45) is 0 Å². The highest BCUT2D eigenvalue weighted by atomic mass is 16.6. The average molecular weight is 982 g/mol. The van der Waals surface area contributed by atoms with E-state index in [9.17, 15) is 14.4 Å². The Bertz CT molecular complexity index is 1220. The molecule has 0 saturated carbocycles. The summed E-state index contributed by atoms with van der Waals surface area (Å²) in [5.41, 5.74) is 0. The van der Waals surface area contributed by atoms with E-state index in [0.717, 1.165) is 96.3 Å². The molecule has 0 fully saturated rings. The Morgan fingerprint density at radius 3 is 0.871 bits per heavy atom. The van der Waals surface area contributed by atoms with E-state index in [1.54, 1.807) is 0 Å².